The minimum Gasteiger partial charge on any atom is -0.394 e. The van der Waals surface area contributed by atoms with E-state index in [0.29, 0.717) is 5.57 Å². The molecule has 9 atom stereocenters. The molecular formula is C19H32O9. The summed E-state index contributed by atoms with van der Waals surface area (Å²) in [6.07, 6.45) is -9.12. The first-order valence-electron chi connectivity index (χ1n) is 9.35. The Morgan fingerprint density at radius 1 is 1.18 bits per heavy atom. The first-order chi connectivity index (χ1) is 12.8. The number of rotatable bonds is 4. The molecule has 9 nitrogen and oxygen atoms in total. The minimum absolute atomic E-state index is 0.196. The monoisotopic (exact) mass is 404 g/mol. The van der Waals surface area contributed by atoms with Gasteiger partial charge in [-0.25, -0.2) is 0 Å². The largest absolute Gasteiger partial charge is 0.394 e. The standard InChI is InChI=1S/C19H32O9/c1-9(21)5-6-12-18(2,3)7-10(22)16(19(12,4)26)28-17-15(25)14(24)13(23)11(8-20)27-17/h5,9-11,13-17,20-26H,7-8H2,1-4H3/t6?,9-,10?,11-,13-,14+,15-,16?,17+,19?/m1/s1. The molecule has 2 rings (SSSR count). The third-order valence-electron chi connectivity index (χ3n) is 5.40. The molecule has 3 unspecified atom stereocenters. The molecule has 2 aliphatic rings. The summed E-state index contributed by atoms with van der Waals surface area (Å²) >= 11 is 0. The smallest absolute Gasteiger partial charge is 0.187 e. The molecule has 7 N–H and O–H groups in total. The highest BCUT2D eigenvalue weighted by Gasteiger charge is 2.55. The minimum atomic E-state index is -1.74. The van der Waals surface area contributed by atoms with Crippen LogP contribution in [0.25, 0.3) is 0 Å². The predicted octanol–water partition coefficient (Wildman–Crippen LogP) is -1.82. The fraction of sp³-hybridized carbons (Fsp3) is 0.842. The summed E-state index contributed by atoms with van der Waals surface area (Å²) in [7, 11) is 0. The summed E-state index contributed by atoms with van der Waals surface area (Å²) < 4.78 is 11.0. The molecule has 0 aromatic rings. The lowest BCUT2D eigenvalue weighted by molar-refractivity contribution is -0.332. The van der Waals surface area contributed by atoms with Crippen molar-refractivity contribution in [2.45, 2.75) is 88.7 Å². The van der Waals surface area contributed by atoms with Crippen molar-refractivity contribution in [3.05, 3.63) is 17.4 Å². The van der Waals surface area contributed by atoms with Gasteiger partial charge in [0.2, 0.25) is 0 Å². The van der Waals surface area contributed by atoms with Gasteiger partial charge < -0.3 is 45.2 Å². The lowest BCUT2D eigenvalue weighted by atomic mass is 9.64. The van der Waals surface area contributed by atoms with Crippen molar-refractivity contribution < 1.29 is 45.2 Å². The summed E-state index contributed by atoms with van der Waals surface area (Å²) in [5, 5.41) is 70.6. The number of hydrogen-bond acceptors (Lipinski definition) is 9. The van der Waals surface area contributed by atoms with E-state index >= 15 is 0 Å². The van der Waals surface area contributed by atoms with Gasteiger partial charge in [-0.3, -0.25) is 0 Å². The molecule has 0 aromatic heterocycles. The highest BCUT2D eigenvalue weighted by molar-refractivity contribution is 5.29. The fourth-order valence-corrected chi connectivity index (χ4v) is 4.03. The van der Waals surface area contributed by atoms with Gasteiger partial charge in [0, 0.05) is 5.57 Å². The second-order valence-corrected chi connectivity index (χ2v) is 8.48. The van der Waals surface area contributed by atoms with Crippen molar-refractivity contribution in [1.29, 1.82) is 0 Å². The number of hydrogen-bond donors (Lipinski definition) is 7. The van der Waals surface area contributed by atoms with E-state index in [0.717, 1.165) is 0 Å². The van der Waals surface area contributed by atoms with Gasteiger partial charge in [-0.2, -0.15) is 0 Å². The van der Waals surface area contributed by atoms with E-state index in [9.17, 15) is 35.7 Å². The number of aliphatic hydroxyl groups is 7. The van der Waals surface area contributed by atoms with E-state index in [1.165, 1.54) is 19.9 Å². The van der Waals surface area contributed by atoms with Gasteiger partial charge in [0.15, 0.2) is 6.29 Å². The molecular weight excluding hydrogens is 372 g/mol. The van der Waals surface area contributed by atoms with Gasteiger partial charge in [0.25, 0.3) is 0 Å². The molecule has 28 heavy (non-hydrogen) atoms. The second kappa shape index (κ2) is 8.49. The van der Waals surface area contributed by atoms with Gasteiger partial charge >= 0.3 is 0 Å². The summed E-state index contributed by atoms with van der Waals surface area (Å²) in [5.74, 6) is 0. The number of aliphatic hydroxyl groups excluding tert-OH is 6. The molecule has 1 aliphatic carbocycles. The molecule has 162 valence electrons. The third kappa shape index (κ3) is 4.49. The maximum atomic E-state index is 11.2. The topological polar surface area (TPSA) is 160 Å². The molecule has 0 amide bonds. The number of ether oxygens (including phenoxy) is 2. The van der Waals surface area contributed by atoms with Crippen LogP contribution in [-0.2, 0) is 9.47 Å². The molecule has 1 heterocycles. The van der Waals surface area contributed by atoms with E-state index in [4.69, 9.17) is 9.47 Å². The van der Waals surface area contributed by atoms with Gasteiger partial charge in [0.1, 0.15) is 36.1 Å². The molecule has 1 saturated carbocycles. The van der Waals surface area contributed by atoms with Crippen LogP contribution >= 0.6 is 0 Å². The maximum Gasteiger partial charge on any atom is 0.187 e. The summed E-state index contributed by atoms with van der Waals surface area (Å²) in [6, 6.07) is 0. The zero-order valence-corrected chi connectivity index (χ0v) is 16.6. The third-order valence-corrected chi connectivity index (χ3v) is 5.40. The molecule has 0 aromatic carbocycles. The van der Waals surface area contributed by atoms with Gasteiger partial charge in [-0.15, -0.1) is 5.73 Å². The summed E-state index contributed by atoms with van der Waals surface area (Å²) in [4.78, 5) is 0. The maximum absolute atomic E-state index is 11.2. The van der Waals surface area contributed by atoms with Crippen LogP contribution < -0.4 is 0 Å². The van der Waals surface area contributed by atoms with Gasteiger partial charge in [0.05, 0.1) is 18.8 Å². The SMILES string of the molecule is C[C@@H](O)C=C=C1C(C)(C)CC(O)C(O[C@@H]2O[C@H](CO)[C@@H](O)[C@H](O)[C@H]2O)C1(C)O. The van der Waals surface area contributed by atoms with Crippen LogP contribution in [0, 0.1) is 5.41 Å². The van der Waals surface area contributed by atoms with Crippen molar-refractivity contribution in [2.24, 2.45) is 5.41 Å². The molecule has 9 heteroatoms. The Balaban J connectivity index is 2.35. The van der Waals surface area contributed by atoms with Crippen molar-refractivity contribution in [2.75, 3.05) is 6.61 Å². The molecule has 2 fully saturated rings. The van der Waals surface area contributed by atoms with Crippen LogP contribution in [0.3, 0.4) is 0 Å². The lowest BCUT2D eigenvalue weighted by Crippen LogP contribution is -2.64. The normalized spacial score (nSPS) is 44.7. The average molecular weight is 404 g/mol. The van der Waals surface area contributed by atoms with Crippen LogP contribution in [0.2, 0.25) is 0 Å². The van der Waals surface area contributed by atoms with Crippen LogP contribution in [0.5, 0.6) is 0 Å². The van der Waals surface area contributed by atoms with Crippen molar-refractivity contribution in [3.63, 3.8) is 0 Å². The first-order valence-corrected chi connectivity index (χ1v) is 9.35. The second-order valence-electron chi connectivity index (χ2n) is 8.48. The predicted molar refractivity (Wildman–Crippen MR) is 96.9 cm³/mol. The Kier molecular flexibility index (Phi) is 7.11. The Hall–Kier alpha value is -0.840. The summed E-state index contributed by atoms with van der Waals surface area (Å²) in [5.41, 5.74) is 0.886. The molecule has 1 aliphatic heterocycles. The highest BCUT2D eigenvalue weighted by Crippen LogP contribution is 2.47. The van der Waals surface area contributed by atoms with E-state index in [2.05, 4.69) is 5.73 Å². The molecule has 1 saturated heterocycles. The average Bonchev–Trinajstić information content (AvgIpc) is 2.56. The van der Waals surface area contributed by atoms with E-state index in [-0.39, 0.29) is 6.42 Å². The van der Waals surface area contributed by atoms with Crippen LogP contribution in [0.4, 0.5) is 0 Å². The quantitative estimate of drug-likeness (QED) is 0.268. The Morgan fingerprint density at radius 2 is 1.79 bits per heavy atom. The molecule has 0 radical (unpaired) electrons. The van der Waals surface area contributed by atoms with Crippen LogP contribution in [-0.4, -0.2) is 97.0 Å². The van der Waals surface area contributed by atoms with Gasteiger partial charge in [-0.1, -0.05) is 13.8 Å². The lowest BCUT2D eigenvalue weighted by Gasteiger charge is -2.50. The van der Waals surface area contributed by atoms with Gasteiger partial charge in [-0.05, 0) is 31.8 Å². The van der Waals surface area contributed by atoms with Crippen LogP contribution in [0.15, 0.2) is 17.4 Å². The fourth-order valence-electron chi connectivity index (χ4n) is 4.03. The van der Waals surface area contributed by atoms with Crippen molar-refractivity contribution >= 4 is 0 Å². The molecule has 0 spiro atoms. The van der Waals surface area contributed by atoms with E-state index in [1.807, 2.05) is 13.8 Å². The molecule has 0 bridgehead atoms. The Morgan fingerprint density at radius 3 is 2.32 bits per heavy atom. The van der Waals surface area contributed by atoms with Crippen molar-refractivity contribution in [3.8, 4) is 0 Å². The van der Waals surface area contributed by atoms with E-state index in [1.54, 1.807) is 0 Å². The van der Waals surface area contributed by atoms with Crippen molar-refractivity contribution in [1.82, 2.24) is 0 Å². The Bertz CT molecular complexity index is 607. The highest BCUT2D eigenvalue weighted by atomic mass is 16.7. The zero-order valence-electron chi connectivity index (χ0n) is 16.6. The van der Waals surface area contributed by atoms with Crippen LogP contribution in [0.1, 0.15) is 34.1 Å². The Labute approximate surface area is 164 Å². The summed E-state index contributed by atoms with van der Waals surface area (Å²) in [6.45, 7) is 5.96. The first kappa shape index (κ1) is 23.4. The zero-order chi connectivity index (χ0) is 21.4. The van der Waals surface area contributed by atoms with E-state index < -0.39 is 66.6 Å².